The van der Waals surface area contributed by atoms with Crippen molar-refractivity contribution in [2.75, 3.05) is 17.4 Å². The molecule has 0 saturated carbocycles. The molecule has 0 fully saturated rings. The summed E-state index contributed by atoms with van der Waals surface area (Å²) in [5.74, 6) is -0.828. The largest absolute Gasteiger partial charge is 0.354 e. The number of hydrogen-bond acceptors (Lipinski definition) is 4. The number of amides is 2. The smallest absolute Gasteiger partial charge is 0.264 e. The Bertz CT molecular complexity index is 1660. The minimum atomic E-state index is -4.15. The second kappa shape index (κ2) is 15.0. The van der Waals surface area contributed by atoms with Crippen LogP contribution in [0.3, 0.4) is 0 Å². The molecule has 0 spiro atoms. The maximum absolute atomic E-state index is 14.5. The quantitative estimate of drug-likeness (QED) is 0.187. The summed E-state index contributed by atoms with van der Waals surface area (Å²) < 4.78 is 29.4. The van der Waals surface area contributed by atoms with E-state index in [1.54, 1.807) is 48.5 Å². The van der Waals surface area contributed by atoms with Crippen molar-refractivity contribution in [1.82, 2.24) is 10.2 Å². The first kappa shape index (κ1) is 32.8. The number of sulfonamides is 1. The van der Waals surface area contributed by atoms with Gasteiger partial charge in [0.15, 0.2) is 0 Å². The summed E-state index contributed by atoms with van der Waals surface area (Å²) in [6.45, 7) is 5.71. The van der Waals surface area contributed by atoms with E-state index in [-0.39, 0.29) is 23.8 Å². The van der Waals surface area contributed by atoms with Crippen LogP contribution in [-0.4, -0.2) is 44.3 Å². The molecule has 4 rings (SSSR count). The van der Waals surface area contributed by atoms with Crippen molar-refractivity contribution in [1.29, 1.82) is 0 Å². The molecule has 2 amide bonds. The molecule has 0 radical (unpaired) electrons. The highest BCUT2D eigenvalue weighted by atomic mass is 35.5. The van der Waals surface area contributed by atoms with Gasteiger partial charge in [0, 0.05) is 24.5 Å². The standard InChI is InChI=1S/C35H38ClN3O4S/c1-4-18-37-35(41)33(23-28-12-7-5-8-13-28)38(24-29-14-11-15-30(36)22-29)34(40)25-39(31-20-26(2)19-27(3)21-31)44(42,43)32-16-9-6-10-17-32/h5-17,19-22,33H,4,18,23-25H2,1-3H3,(H,37,41). The Balaban J connectivity index is 1.81. The van der Waals surface area contributed by atoms with Gasteiger partial charge < -0.3 is 10.2 Å². The third-order valence-corrected chi connectivity index (χ3v) is 9.19. The van der Waals surface area contributed by atoms with Gasteiger partial charge in [-0.3, -0.25) is 13.9 Å². The number of carbonyl (C=O) groups excluding carboxylic acids is 2. The predicted molar refractivity (Wildman–Crippen MR) is 176 cm³/mol. The maximum Gasteiger partial charge on any atom is 0.264 e. The van der Waals surface area contributed by atoms with Crippen molar-refractivity contribution >= 4 is 39.1 Å². The van der Waals surface area contributed by atoms with E-state index in [9.17, 15) is 18.0 Å². The molecule has 0 aliphatic rings. The van der Waals surface area contributed by atoms with Gasteiger partial charge in [0.25, 0.3) is 10.0 Å². The SMILES string of the molecule is CCCNC(=O)C(Cc1ccccc1)N(Cc1cccc(Cl)c1)C(=O)CN(c1cc(C)cc(C)c1)S(=O)(=O)c1ccccc1. The number of nitrogens with zero attached hydrogens (tertiary/aromatic N) is 2. The number of carbonyl (C=O) groups is 2. The summed E-state index contributed by atoms with van der Waals surface area (Å²) >= 11 is 6.30. The third kappa shape index (κ3) is 8.49. The van der Waals surface area contributed by atoms with Gasteiger partial charge in [-0.25, -0.2) is 8.42 Å². The second-order valence-corrected chi connectivity index (χ2v) is 13.1. The minimum Gasteiger partial charge on any atom is -0.354 e. The van der Waals surface area contributed by atoms with Crippen molar-refractivity contribution < 1.29 is 18.0 Å². The Morgan fingerprint density at radius 2 is 1.43 bits per heavy atom. The van der Waals surface area contributed by atoms with Crippen LogP contribution < -0.4 is 9.62 Å². The average molecular weight is 632 g/mol. The number of rotatable bonds is 13. The molecule has 1 unspecified atom stereocenters. The van der Waals surface area contributed by atoms with Gasteiger partial charge >= 0.3 is 0 Å². The zero-order valence-corrected chi connectivity index (χ0v) is 26.8. The fourth-order valence-corrected chi connectivity index (χ4v) is 6.73. The monoisotopic (exact) mass is 631 g/mol. The summed E-state index contributed by atoms with van der Waals surface area (Å²) in [4.78, 5) is 29.7. The molecular formula is C35H38ClN3O4S. The maximum atomic E-state index is 14.5. The first-order chi connectivity index (χ1) is 21.1. The summed E-state index contributed by atoms with van der Waals surface area (Å²) in [5.41, 5.74) is 3.68. The minimum absolute atomic E-state index is 0.0580. The van der Waals surface area contributed by atoms with Crippen LogP contribution >= 0.6 is 11.6 Å². The lowest BCUT2D eigenvalue weighted by molar-refractivity contribution is -0.140. The normalized spacial score (nSPS) is 11.9. The molecule has 230 valence electrons. The highest BCUT2D eigenvalue weighted by Gasteiger charge is 2.34. The van der Waals surface area contributed by atoms with Crippen molar-refractivity contribution in [3.05, 3.63) is 130 Å². The number of benzene rings is 4. The van der Waals surface area contributed by atoms with E-state index in [2.05, 4.69) is 5.32 Å². The molecule has 0 bridgehead atoms. The topological polar surface area (TPSA) is 86.8 Å². The van der Waals surface area contributed by atoms with E-state index in [1.807, 2.05) is 63.2 Å². The summed E-state index contributed by atoms with van der Waals surface area (Å²) in [6, 6.07) is 29.1. The van der Waals surface area contributed by atoms with Crippen molar-refractivity contribution in [3.63, 3.8) is 0 Å². The molecule has 7 nitrogen and oxygen atoms in total. The lowest BCUT2D eigenvalue weighted by Gasteiger charge is -2.34. The molecule has 44 heavy (non-hydrogen) atoms. The van der Waals surface area contributed by atoms with E-state index in [1.165, 1.54) is 17.0 Å². The zero-order chi connectivity index (χ0) is 31.7. The van der Waals surface area contributed by atoms with Crippen LogP contribution in [0.5, 0.6) is 0 Å². The van der Waals surface area contributed by atoms with Gasteiger partial charge in [-0.1, -0.05) is 85.3 Å². The van der Waals surface area contributed by atoms with E-state index in [0.29, 0.717) is 17.3 Å². The number of halogens is 1. The molecule has 4 aromatic carbocycles. The van der Waals surface area contributed by atoms with Crippen LogP contribution in [0.15, 0.2) is 108 Å². The van der Waals surface area contributed by atoms with Crippen LogP contribution in [0.25, 0.3) is 0 Å². The molecule has 9 heteroatoms. The third-order valence-electron chi connectivity index (χ3n) is 7.17. The van der Waals surface area contributed by atoms with Gasteiger partial charge in [0.2, 0.25) is 11.8 Å². The van der Waals surface area contributed by atoms with Gasteiger partial charge in [-0.2, -0.15) is 0 Å². The lowest BCUT2D eigenvalue weighted by atomic mass is 10.0. The van der Waals surface area contributed by atoms with E-state index < -0.39 is 28.5 Å². The number of nitrogens with one attached hydrogen (secondary N) is 1. The van der Waals surface area contributed by atoms with Crippen LogP contribution in [0, 0.1) is 13.8 Å². The van der Waals surface area contributed by atoms with Gasteiger partial charge in [-0.15, -0.1) is 0 Å². The van der Waals surface area contributed by atoms with E-state index in [4.69, 9.17) is 11.6 Å². The number of hydrogen-bond donors (Lipinski definition) is 1. The van der Waals surface area contributed by atoms with Crippen molar-refractivity contribution in [3.8, 4) is 0 Å². The van der Waals surface area contributed by atoms with Crippen molar-refractivity contribution in [2.45, 2.75) is 51.1 Å². The molecule has 0 heterocycles. The van der Waals surface area contributed by atoms with Crippen molar-refractivity contribution in [2.24, 2.45) is 0 Å². The summed E-state index contributed by atoms with van der Waals surface area (Å²) in [5, 5.41) is 3.44. The molecule has 1 N–H and O–H groups in total. The fourth-order valence-electron chi connectivity index (χ4n) is 5.10. The number of aryl methyl sites for hydroxylation is 2. The Morgan fingerprint density at radius 3 is 2.05 bits per heavy atom. The zero-order valence-electron chi connectivity index (χ0n) is 25.2. The average Bonchev–Trinajstić information content (AvgIpc) is 3.00. The molecule has 0 aliphatic carbocycles. The molecule has 4 aromatic rings. The summed E-state index contributed by atoms with van der Waals surface area (Å²) in [6.07, 6.45) is 0.972. The fraction of sp³-hybridized carbons (Fsp3) is 0.257. The molecule has 1 atom stereocenters. The second-order valence-electron chi connectivity index (χ2n) is 10.8. The molecule has 0 saturated heterocycles. The van der Waals surface area contributed by atoms with Gasteiger partial charge in [-0.05, 0) is 78.9 Å². The van der Waals surface area contributed by atoms with E-state index in [0.717, 1.165) is 33.0 Å². The number of anilines is 1. The van der Waals surface area contributed by atoms with E-state index >= 15 is 0 Å². The Hall–Kier alpha value is -4.14. The molecule has 0 aromatic heterocycles. The van der Waals surface area contributed by atoms with Crippen LogP contribution in [0.2, 0.25) is 5.02 Å². The Kier molecular flexibility index (Phi) is 11.2. The molecular weight excluding hydrogens is 594 g/mol. The Morgan fingerprint density at radius 1 is 0.818 bits per heavy atom. The predicted octanol–water partition coefficient (Wildman–Crippen LogP) is 6.32. The highest BCUT2D eigenvalue weighted by molar-refractivity contribution is 7.92. The molecule has 0 aliphatic heterocycles. The lowest BCUT2D eigenvalue weighted by Crippen LogP contribution is -2.53. The Labute approximate surface area is 265 Å². The van der Waals surface area contributed by atoms with Crippen LogP contribution in [-0.2, 0) is 32.6 Å². The highest BCUT2D eigenvalue weighted by Crippen LogP contribution is 2.27. The van der Waals surface area contributed by atoms with Crippen LogP contribution in [0.4, 0.5) is 5.69 Å². The summed E-state index contributed by atoms with van der Waals surface area (Å²) in [7, 11) is -4.15. The van der Waals surface area contributed by atoms with Gasteiger partial charge in [0.1, 0.15) is 12.6 Å². The first-order valence-corrected chi connectivity index (χ1v) is 16.4. The van der Waals surface area contributed by atoms with Crippen LogP contribution in [0.1, 0.15) is 35.6 Å². The first-order valence-electron chi connectivity index (χ1n) is 14.6. The van der Waals surface area contributed by atoms with Gasteiger partial charge in [0.05, 0.1) is 10.6 Å².